The van der Waals surface area contributed by atoms with Crippen LogP contribution in [0.3, 0.4) is 0 Å². The summed E-state index contributed by atoms with van der Waals surface area (Å²) in [6.07, 6.45) is 0. The van der Waals surface area contributed by atoms with E-state index in [9.17, 15) is 0 Å². The zero-order chi connectivity index (χ0) is 37.3. The molecule has 3 nitrogen and oxygen atoms in total. The van der Waals surface area contributed by atoms with Gasteiger partial charge in [0.05, 0.1) is 22.6 Å². The van der Waals surface area contributed by atoms with Crippen LogP contribution < -0.4 is 0 Å². The second-order valence-corrected chi connectivity index (χ2v) is 14.0. The minimum absolute atomic E-state index is 0.709. The summed E-state index contributed by atoms with van der Waals surface area (Å²) in [5, 5.41) is 3.56. The van der Waals surface area contributed by atoms with E-state index in [0.29, 0.717) is 5.82 Å². The van der Waals surface area contributed by atoms with Crippen molar-refractivity contribution < 1.29 is 0 Å². The summed E-state index contributed by atoms with van der Waals surface area (Å²) < 4.78 is 0. The number of benzene rings is 8. The van der Waals surface area contributed by atoms with E-state index in [0.717, 1.165) is 67.1 Å². The fourth-order valence-corrected chi connectivity index (χ4v) is 7.71. The second kappa shape index (κ2) is 14.4. The van der Waals surface area contributed by atoms with E-state index in [4.69, 9.17) is 15.0 Å². The lowest BCUT2D eigenvalue weighted by Crippen LogP contribution is -1.96. The Morgan fingerprint density at radius 1 is 0.250 bits per heavy atom. The molecule has 0 atom stereocenters. The van der Waals surface area contributed by atoms with Crippen LogP contribution in [-0.4, -0.2) is 15.0 Å². The maximum atomic E-state index is 5.31. The molecule has 0 saturated carbocycles. The van der Waals surface area contributed by atoms with Gasteiger partial charge in [-0.2, -0.15) is 0 Å². The third-order valence-corrected chi connectivity index (χ3v) is 10.5. The average Bonchev–Trinajstić information content (AvgIpc) is 3.29. The molecule has 0 aliphatic rings. The van der Waals surface area contributed by atoms with Gasteiger partial charge in [0.15, 0.2) is 5.82 Å². The molecule has 0 amide bonds. The van der Waals surface area contributed by atoms with Crippen molar-refractivity contribution >= 4 is 21.7 Å². The first-order valence-corrected chi connectivity index (χ1v) is 18.9. The topological polar surface area (TPSA) is 38.7 Å². The number of aromatic nitrogens is 3. The summed E-state index contributed by atoms with van der Waals surface area (Å²) in [4.78, 5) is 15.4. The molecular formula is C53H35N3. The molecule has 0 spiro atoms. The van der Waals surface area contributed by atoms with Crippen LogP contribution in [-0.2, 0) is 0 Å². The van der Waals surface area contributed by atoms with Gasteiger partial charge in [0.25, 0.3) is 0 Å². The molecule has 0 N–H and O–H groups in total. The first-order valence-electron chi connectivity index (χ1n) is 18.9. The van der Waals surface area contributed by atoms with Gasteiger partial charge in [-0.3, -0.25) is 0 Å². The monoisotopic (exact) mass is 713 g/mol. The molecule has 0 aliphatic heterocycles. The van der Waals surface area contributed by atoms with Crippen LogP contribution in [0, 0.1) is 0 Å². The van der Waals surface area contributed by atoms with Crippen LogP contribution in [0.1, 0.15) is 0 Å². The number of hydrogen-bond acceptors (Lipinski definition) is 3. The Morgan fingerprint density at radius 2 is 0.714 bits per heavy atom. The molecule has 0 fully saturated rings. The molecule has 2 heterocycles. The predicted octanol–water partition coefficient (Wildman–Crippen LogP) is 13.8. The first-order chi connectivity index (χ1) is 27.7. The highest BCUT2D eigenvalue weighted by Gasteiger charge is 2.17. The van der Waals surface area contributed by atoms with Gasteiger partial charge in [0.1, 0.15) is 0 Å². The normalized spacial score (nSPS) is 11.2. The van der Waals surface area contributed by atoms with Crippen molar-refractivity contribution in [3.63, 3.8) is 0 Å². The van der Waals surface area contributed by atoms with Gasteiger partial charge >= 0.3 is 0 Å². The Kier molecular flexibility index (Phi) is 8.51. The van der Waals surface area contributed by atoms with E-state index in [-0.39, 0.29) is 0 Å². The molecule has 10 aromatic rings. The maximum Gasteiger partial charge on any atom is 0.160 e. The van der Waals surface area contributed by atoms with Crippen molar-refractivity contribution in [1.82, 2.24) is 15.0 Å². The highest BCUT2D eigenvalue weighted by Crippen LogP contribution is 2.41. The van der Waals surface area contributed by atoms with E-state index in [1.54, 1.807) is 0 Å². The van der Waals surface area contributed by atoms with Gasteiger partial charge in [-0.15, -0.1) is 0 Å². The lowest BCUT2D eigenvalue weighted by Gasteiger charge is -2.16. The lowest BCUT2D eigenvalue weighted by molar-refractivity contribution is 1.18. The van der Waals surface area contributed by atoms with Gasteiger partial charge in [0.2, 0.25) is 0 Å². The number of rotatable bonds is 7. The molecule has 10 rings (SSSR count). The molecule has 0 radical (unpaired) electrons. The summed E-state index contributed by atoms with van der Waals surface area (Å²) >= 11 is 0. The van der Waals surface area contributed by atoms with Crippen molar-refractivity contribution in [3.8, 4) is 78.5 Å². The number of pyridine rings is 1. The fraction of sp³-hybridized carbons (Fsp3) is 0. The summed E-state index contributed by atoms with van der Waals surface area (Å²) in [5.74, 6) is 0.709. The van der Waals surface area contributed by atoms with Crippen LogP contribution in [0.25, 0.3) is 100 Å². The van der Waals surface area contributed by atoms with E-state index < -0.39 is 0 Å². The summed E-state index contributed by atoms with van der Waals surface area (Å²) in [5.41, 5.74) is 14.8. The number of fused-ring (bicyclic) bond motifs is 3. The zero-order valence-electron chi connectivity index (χ0n) is 30.5. The smallest absolute Gasteiger partial charge is 0.160 e. The van der Waals surface area contributed by atoms with Crippen LogP contribution in [0.2, 0.25) is 0 Å². The minimum Gasteiger partial charge on any atom is -0.248 e. The number of hydrogen-bond donors (Lipinski definition) is 0. The third-order valence-electron chi connectivity index (χ3n) is 10.5. The van der Waals surface area contributed by atoms with Crippen LogP contribution in [0.4, 0.5) is 0 Å². The van der Waals surface area contributed by atoms with E-state index in [1.807, 2.05) is 42.5 Å². The quantitative estimate of drug-likeness (QED) is 0.154. The van der Waals surface area contributed by atoms with Crippen molar-refractivity contribution in [2.24, 2.45) is 0 Å². The first kappa shape index (κ1) is 33.1. The van der Waals surface area contributed by atoms with Gasteiger partial charge in [-0.25, -0.2) is 15.0 Å². The van der Waals surface area contributed by atoms with E-state index in [1.165, 1.54) is 27.3 Å². The molecule has 0 unspecified atom stereocenters. The van der Waals surface area contributed by atoms with Crippen LogP contribution in [0.15, 0.2) is 212 Å². The third kappa shape index (κ3) is 6.31. The number of nitrogens with zero attached hydrogens (tertiary/aromatic N) is 3. The summed E-state index contributed by atoms with van der Waals surface area (Å²) in [7, 11) is 0. The summed E-state index contributed by atoms with van der Waals surface area (Å²) in [6, 6.07) is 74.5. The fourth-order valence-electron chi connectivity index (χ4n) is 7.71. The Morgan fingerprint density at radius 3 is 1.36 bits per heavy atom. The average molecular weight is 714 g/mol. The van der Waals surface area contributed by atoms with Gasteiger partial charge in [0, 0.05) is 27.6 Å². The van der Waals surface area contributed by atoms with Crippen molar-refractivity contribution in [2.75, 3.05) is 0 Å². The molecular weight excluding hydrogens is 679 g/mol. The zero-order valence-corrected chi connectivity index (χ0v) is 30.5. The highest BCUT2D eigenvalue weighted by atomic mass is 14.9. The molecule has 0 aliphatic carbocycles. The van der Waals surface area contributed by atoms with Crippen molar-refractivity contribution in [1.29, 1.82) is 0 Å². The minimum atomic E-state index is 0.709. The largest absolute Gasteiger partial charge is 0.248 e. The highest BCUT2D eigenvalue weighted by molar-refractivity contribution is 6.18. The second-order valence-electron chi connectivity index (χ2n) is 14.0. The molecule has 8 aromatic carbocycles. The predicted molar refractivity (Wildman–Crippen MR) is 233 cm³/mol. The molecule has 56 heavy (non-hydrogen) atoms. The van der Waals surface area contributed by atoms with Gasteiger partial charge in [-0.1, -0.05) is 188 Å². The Bertz CT molecular complexity index is 2920. The van der Waals surface area contributed by atoms with E-state index >= 15 is 0 Å². The van der Waals surface area contributed by atoms with Crippen LogP contribution in [0.5, 0.6) is 0 Å². The van der Waals surface area contributed by atoms with Gasteiger partial charge < -0.3 is 0 Å². The Labute approximate surface area is 326 Å². The van der Waals surface area contributed by atoms with Crippen molar-refractivity contribution in [2.45, 2.75) is 0 Å². The van der Waals surface area contributed by atoms with Crippen molar-refractivity contribution in [3.05, 3.63) is 212 Å². The van der Waals surface area contributed by atoms with Gasteiger partial charge in [-0.05, 0) is 68.4 Å². The maximum absolute atomic E-state index is 5.31. The molecule has 262 valence electrons. The Balaban J connectivity index is 1.07. The molecule has 0 saturated heterocycles. The standard InChI is InChI=1S/C53H35N3/c1-5-16-37(17-6-1)47-34-48(39-18-7-2-8-19-39)54-51-33-46(44-26-13-14-27-45(44)52(47)51)38-30-28-36(29-31-38)42-24-15-25-43(32-42)50-35-49(40-20-9-3-10-21-40)55-53(56-50)41-22-11-4-12-23-41/h1-35H. The lowest BCUT2D eigenvalue weighted by atomic mass is 9.90. The summed E-state index contributed by atoms with van der Waals surface area (Å²) in [6.45, 7) is 0. The van der Waals surface area contributed by atoms with E-state index in [2.05, 4.69) is 170 Å². The molecule has 3 heteroatoms. The SMILES string of the molecule is c1ccc(-c2cc(-c3cccc(-c4ccc(-c5cc6nc(-c7ccccc7)cc(-c7ccccc7)c6c6ccccc56)cc4)c3)nc(-c3ccccc3)n2)cc1. The molecule has 2 aromatic heterocycles. The van der Waals surface area contributed by atoms with Crippen LogP contribution >= 0.6 is 0 Å². The molecule has 0 bridgehead atoms. The Hall–Kier alpha value is -7.49.